The lowest BCUT2D eigenvalue weighted by atomic mass is 10.0. The molecule has 1 heterocycles. The summed E-state index contributed by atoms with van der Waals surface area (Å²) in [6.45, 7) is 3.90. The van der Waals surface area contributed by atoms with Crippen LogP contribution in [0.15, 0.2) is 18.5 Å². The molecular weight excluding hydrogens is 194 g/mol. The molecule has 15 heavy (non-hydrogen) atoms. The number of carboxylic acids is 1. The lowest BCUT2D eigenvalue weighted by Crippen LogP contribution is -2.19. The fourth-order valence-corrected chi connectivity index (χ4v) is 1.51. The van der Waals surface area contributed by atoms with Crippen LogP contribution in [-0.2, 0) is 0 Å². The second kappa shape index (κ2) is 4.77. The smallest absolute Gasteiger partial charge is 0.337 e. The summed E-state index contributed by atoms with van der Waals surface area (Å²) in [6, 6.07) is 1.43. The average Bonchev–Trinajstić information content (AvgIpc) is 2.68. The maximum absolute atomic E-state index is 11.8. The van der Waals surface area contributed by atoms with E-state index in [9.17, 15) is 9.59 Å². The predicted octanol–water partition coefficient (Wildman–Crippen LogP) is 2.26. The van der Waals surface area contributed by atoms with Crippen molar-refractivity contribution in [3.05, 3.63) is 24.0 Å². The largest absolute Gasteiger partial charge is 0.478 e. The predicted molar refractivity (Wildman–Crippen MR) is 56.1 cm³/mol. The number of carbonyl (C=O) groups is 2. The first kappa shape index (κ1) is 11.5. The normalized spacial score (nSPS) is 10.6. The number of carbonyl (C=O) groups excluding carboxylic acids is 1. The summed E-state index contributed by atoms with van der Waals surface area (Å²) < 4.78 is 1.36. The molecule has 0 atom stereocenters. The first-order valence-corrected chi connectivity index (χ1v) is 5.05. The van der Waals surface area contributed by atoms with Gasteiger partial charge in [0, 0.05) is 18.3 Å². The molecule has 0 aliphatic heterocycles. The molecular formula is C11H15NO3. The highest BCUT2D eigenvalue weighted by Gasteiger charge is 2.17. The molecule has 1 aromatic rings. The van der Waals surface area contributed by atoms with Gasteiger partial charge in [-0.3, -0.25) is 9.36 Å². The van der Waals surface area contributed by atoms with Gasteiger partial charge in [0.05, 0.1) is 5.56 Å². The van der Waals surface area contributed by atoms with Gasteiger partial charge in [0.15, 0.2) is 0 Å². The van der Waals surface area contributed by atoms with E-state index in [-0.39, 0.29) is 17.4 Å². The van der Waals surface area contributed by atoms with Crippen LogP contribution in [0.1, 0.15) is 41.8 Å². The molecule has 0 saturated heterocycles. The van der Waals surface area contributed by atoms with Crippen LogP contribution in [0.2, 0.25) is 0 Å². The highest BCUT2D eigenvalue weighted by molar-refractivity contribution is 5.89. The van der Waals surface area contributed by atoms with Crippen LogP contribution in [0, 0.1) is 5.92 Å². The summed E-state index contributed by atoms with van der Waals surface area (Å²) in [5, 5.41) is 8.71. The molecule has 0 unspecified atom stereocenters. The molecule has 0 bridgehead atoms. The Morgan fingerprint density at radius 1 is 1.40 bits per heavy atom. The van der Waals surface area contributed by atoms with E-state index in [0.29, 0.717) is 0 Å². The van der Waals surface area contributed by atoms with Crippen molar-refractivity contribution in [2.45, 2.75) is 26.7 Å². The van der Waals surface area contributed by atoms with Gasteiger partial charge >= 0.3 is 5.97 Å². The Bertz CT molecular complexity index is 364. The van der Waals surface area contributed by atoms with E-state index in [1.807, 2.05) is 13.8 Å². The van der Waals surface area contributed by atoms with Crippen molar-refractivity contribution in [1.29, 1.82) is 0 Å². The number of hydrogen-bond acceptors (Lipinski definition) is 2. The van der Waals surface area contributed by atoms with Crippen LogP contribution in [-0.4, -0.2) is 21.6 Å². The maximum Gasteiger partial charge on any atom is 0.337 e. The van der Waals surface area contributed by atoms with E-state index < -0.39 is 5.97 Å². The number of aromatic nitrogens is 1. The quantitative estimate of drug-likeness (QED) is 0.827. The molecule has 0 fully saturated rings. The Morgan fingerprint density at radius 3 is 2.40 bits per heavy atom. The molecule has 1 N–H and O–H groups in total. The third-order valence-electron chi connectivity index (χ3n) is 2.53. The molecule has 1 rings (SSSR count). The van der Waals surface area contributed by atoms with Crippen LogP contribution in [0.25, 0.3) is 0 Å². The second-order valence-electron chi connectivity index (χ2n) is 3.46. The first-order chi connectivity index (χ1) is 7.10. The Hall–Kier alpha value is -1.58. The van der Waals surface area contributed by atoms with Crippen LogP contribution >= 0.6 is 0 Å². The monoisotopic (exact) mass is 209 g/mol. The first-order valence-electron chi connectivity index (χ1n) is 5.05. The van der Waals surface area contributed by atoms with Crippen LogP contribution in [0.5, 0.6) is 0 Å². The summed E-state index contributed by atoms with van der Waals surface area (Å²) >= 11 is 0. The summed E-state index contributed by atoms with van der Waals surface area (Å²) in [5.74, 6) is -1.07. The number of nitrogens with zero attached hydrogens (tertiary/aromatic N) is 1. The van der Waals surface area contributed by atoms with E-state index in [0.717, 1.165) is 12.8 Å². The fraction of sp³-hybridized carbons (Fsp3) is 0.455. The SMILES string of the molecule is CCC(CC)C(=O)n1ccc(C(=O)O)c1. The lowest BCUT2D eigenvalue weighted by molar-refractivity contribution is 0.0697. The van der Waals surface area contributed by atoms with Crippen molar-refractivity contribution in [3.8, 4) is 0 Å². The van der Waals surface area contributed by atoms with E-state index in [2.05, 4.69) is 0 Å². The zero-order chi connectivity index (χ0) is 11.4. The van der Waals surface area contributed by atoms with Gasteiger partial charge in [-0.15, -0.1) is 0 Å². The molecule has 0 amide bonds. The Kier molecular flexibility index (Phi) is 3.66. The van der Waals surface area contributed by atoms with Gasteiger partial charge in [-0.05, 0) is 18.9 Å². The summed E-state index contributed by atoms with van der Waals surface area (Å²) in [7, 11) is 0. The topological polar surface area (TPSA) is 59.3 Å². The van der Waals surface area contributed by atoms with Crippen molar-refractivity contribution in [3.63, 3.8) is 0 Å². The molecule has 1 aromatic heterocycles. The number of aromatic carboxylic acids is 1. The molecule has 4 nitrogen and oxygen atoms in total. The highest BCUT2D eigenvalue weighted by atomic mass is 16.4. The molecule has 0 aromatic carbocycles. The van der Waals surface area contributed by atoms with Crippen molar-refractivity contribution >= 4 is 11.9 Å². The van der Waals surface area contributed by atoms with Gasteiger partial charge in [0.1, 0.15) is 0 Å². The molecule has 0 saturated carbocycles. The standard InChI is InChI=1S/C11H15NO3/c1-3-8(4-2)10(13)12-6-5-9(7-12)11(14)15/h5-8H,3-4H2,1-2H3,(H,14,15). The van der Waals surface area contributed by atoms with Crippen molar-refractivity contribution in [2.75, 3.05) is 0 Å². The number of hydrogen-bond donors (Lipinski definition) is 1. The average molecular weight is 209 g/mol. The molecule has 0 aliphatic rings. The van der Waals surface area contributed by atoms with Gasteiger partial charge < -0.3 is 5.11 Å². The third kappa shape index (κ3) is 2.46. The molecule has 0 aliphatic carbocycles. The minimum atomic E-state index is -1.01. The Balaban J connectivity index is 2.86. The van der Waals surface area contributed by atoms with Gasteiger partial charge in [-0.25, -0.2) is 4.79 Å². The number of rotatable bonds is 4. The van der Waals surface area contributed by atoms with Crippen LogP contribution in [0.4, 0.5) is 0 Å². The van der Waals surface area contributed by atoms with E-state index >= 15 is 0 Å². The van der Waals surface area contributed by atoms with Crippen molar-refractivity contribution in [1.82, 2.24) is 4.57 Å². The highest BCUT2D eigenvalue weighted by Crippen LogP contribution is 2.12. The van der Waals surface area contributed by atoms with E-state index in [4.69, 9.17) is 5.11 Å². The Morgan fingerprint density at radius 2 is 2.00 bits per heavy atom. The lowest BCUT2D eigenvalue weighted by Gasteiger charge is -2.10. The minimum absolute atomic E-state index is 0.0287. The molecule has 4 heteroatoms. The van der Waals surface area contributed by atoms with Gasteiger partial charge in [-0.1, -0.05) is 13.8 Å². The molecule has 82 valence electrons. The Labute approximate surface area is 88.5 Å². The van der Waals surface area contributed by atoms with Crippen molar-refractivity contribution in [2.24, 2.45) is 5.92 Å². The summed E-state index contributed by atoms with van der Waals surface area (Å²) in [6.07, 6.45) is 4.42. The van der Waals surface area contributed by atoms with Gasteiger partial charge in [-0.2, -0.15) is 0 Å². The molecule has 0 spiro atoms. The van der Waals surface area contributed by atoms with Crippen molar-refractivity contribution < 1.29 is 14.7 Å². The molecule has 0 radical (unpaired) electrons. The van der Waals surface area contributed by atoms with Crippen LogP contribution in [0.3, 0.4) is 0 Å². The second-order valence-corrected chi connectivity index (χ2v) is 3.46. The van der Waals surface area contributed by atoms with E-state index in [1.165, 1.54) is 23.0 Å². The zero-order valence-electron chi connectivity index (χ0n) is 8.93. The van der Waals surface area contributed by atoms with Crippen LogP contribution < -0.4 is 0 Å². The summed E-state index contributed by atoms with van der Waals surface area (Å²) in [4.78, 5) is 22.4. The zero-order valence-corrected chi connectivity index (χ0v) is 8.93. The van der Waals surface area contributed by atoms with Gasteiger partial charge in [0.25, 0.3) is 0 Å². The third-order valence-corrected chi connectivity index (χ3v) is 2.53. The fourth-order valence-electron chi connectivity index (χ4n) is 1.51. The maximum atomic E-state index is 11.8. The number of carboxylic acid groups (broad SMARTS) is 1. The van der Waals surface area contributed by atoms with E-state index in [1.54, 1.807) is 0 Å². The minimum Gasteiger partial charge on any atom is -0.478 e. The van der Waals surface area contributed by atoms with Gasteiger partial charge in [0.2, 0.25) is 5.91 Å². The summed E-state index contributed by atoms with van der Waals surface area (Å²) in [5.41, 5.74) is 0.148.